The second kappa shape index (κ2) is 5.36. The van der Waals surface area contributed by atoms with Crippen LogP contribution in [0.25, 0.3) is 0 Å². The van der Waals surface area contributed by atoms with E-state index in [9.17, 15) is 0 Å². The summed E-state index contributed by atoms with van der Waals surface area (Å²) in [6.07, 6.45) is 2.78. The zero-order valence-electron chi connectivity index (χ0n) is 7.98. The van der Waals surface area contributed by atoms with Gasteiger partial charge in [0.15, 0.2) is 0 Å². The van der Waals surface area contributed by atoms with Crippen LogP contribution in [-0.4, -0.2) is 16.1 Å². The molecule has 1 atom stereocenters. The third-order valence-corrected chi connectivity index (χ3v) is 3.37. The minimum Gasteiger partial charge on any atom is -0.372 e. The average molecular weight is 270 g/mol. The van der Waals surface area contributed by atoms with Crippen molar-refractivity contribution in [1.82, 2.24) is 0 Å². The first-order valence-corrected chi connectivity index (χ1v) is 5.78. The highest BCUT2D eigenvalue weighted by molar-refractivity contribution is 14.1. The van der Waals surface area contributed by atoms with Crippen molar-refractivity contribution < 1.29 is 4.74 Å². The van der Waals surface area contributed by atoms with Gasteiger partial charge in [-0.05, 0) is 27.2 Å². The molecular weight excluding hydrogens is 251 g/mol. The molecule has 2 heteroatoms. The summed E-state index contributed by atoms with van der Waals surface area (Å²) in [5.41, 5.74) is 0.0507. The lowest BCUT2D eigenvalue weighted by Crippen LogP contribution is -2.30. The summed E-state index contributed by atoms with van der Waals surface area (Å²) < 4.78 is 6.87. The number of rotatable bonds is 5. The third kappa shape index (κ3) is 5.91. The van der Waals surface area contributed by atoms with E-state index in [1.807, 2.05) is 0 Å². The molecule has 1 unspecified atom stereocenters. The van der Waals surface area contributed by atoms with E-state index < -0.39 is 0 Å². The number of hydrogen-bond acceptors (Lipinski definition) is 1. The quantitative estimate of drug-likeness (QED) is 0.549. The summed E-state index contributed by atoms with van der Waals surface area (Å²) in [4.78, 5) is 0. The van der Waals surface area contributed by atoms with Gasteiger partial charge in [0.1, 0.15) is 0 Å². The summed E-state index contributed by atoms with van der Waals surface area (Å²) in [6, 6.07) is 0. The minimum absolute atomic E-state index is 0.0507. The van der Waals surface area contributed by atoms with Gasteiger partial charge < -0.3 is 4.74 Å². The second-order valence-electron chi connectivity index (χ2n) is 3.61. The van der Waals surface area contributed by atoms with Gasteiger partial charge >= 0.3 is 0 Å². The molecule has 0 aliphatic rings. The first-order valence-electron chi connectivity index (χ1n) is 4.25. The maximum Gasteiger partial charge on any atom is 0.0719 e. The van der Waals surface area contributed by atoms with Gasteiger partial charge in [-0.3, -0.25) is 0 Å². The molecule has 0 aliphatic carbocycles. The van der Waals surface area contributed by atoms with Crippen molar-refractivity contribution in [3.05, 3.63) is 0 Å². The Morgan fingerprint density at radius 3 is 2.36 bits per heavy atom. The molecule has 11 heavy (non-hydrogen) atoms. The van der Waals surface area contributed by atoms with Gasteiger partial charge in [-0.2, -0.15) is 0 Å². The predicted octanol–water partition coefficient (Wildman–Crippen LogP) is 3.41. The monoisotopic (exact) mass is 270 g/mol. The molecule has 0 aliphatic heterocycles. The Hall–Kier alpha value is 0.690. The van der Waals surface area contributed by atoms with Gasteiger partial charge in [0.2, 0.25) is 0 Å². The van der Waals surface area contributed by atoms with Crippen LogP contribution in [0.2, 0.25) is 0 Å². The van der Waals surface area contributed by atoms with E-state index in [0.717, 1.165) is 4.43 Å². The smallest absolute Gasteiger partial charge is 0.0719 e. The number of hydrogen-bond donors (Lipinski definition) is 0. The highest BCUT2D eigenvalue weighted by atomic mass is 127. The lowest BCUT2D eigenvalue weighted by atomic mass is 10.1. The molecule has 0 heterocycles. The van der Waals surface area contributed by atoms with Crippen LogP contribution in [0, 0.1) is 0 Å². The van der Waals surface area contributed by atoms with E-state index in [0.29, 0.717) is 6.10 Å². The van der Waals surface area contributed by atoms with Crippen molar-refractivity contribution in [2.45, 2.75) is 52.2 Å². The maximum absolute atomic E-state index is 5.82. The molecule has 0 amide bonds. The van der Waals surface area contributed by atoms with Gasteiger partial charge in [-0.1, -0.05) is 35.9 Å². The summed E-state index contributed by atoms with van der Waals surface area (Å²) in [7, 11) is 0. The zero-order valence-corrected chi connectivity index (χ0v) is 10.1. The first-order chi connectivity index (χ1) is 5.02. The normalized spacial score (nSPS) is 15.0. The van der Waals surface area contributed by atoms with Gasteiger partial charge in [0, 0.05) is 4.43 Å². The minimum atomic E-state index is 0.0507. The molecule has 0 spiro atoms. The van der Waals surface area contributed by atoms with Crippen LogP contribution in [0.3, 0.4) is 0 Å². The molecule has 0 saturated carbocycles. The van der Waals surface area contributed by atoms with Crippen molar-refractivity contribution >= 4 is 22.6 Å². The van der Waals surface area contributed by atoms with Crippen LogP contribution in [0.5, 0.6) is 0 Å². The van der Waals surface area contributed by atoms with E-state index in [-0.39, 0.29) is 5.60 Å². The number of halogens is 1. The molecule has 0 N–H and O–H groups in total. The van der Waals surface area contributed by atoms with Crippen LogP contribution in [0.15, 0.2) is 0 Å². The Morgan fingerprint density at radius 1 is 1.45 bits per heavy atom. The SMILES string of the molecule is CCCC(C)OC(C)(C)CI. The second-order valence-corrected chi connectivity index (χ2v) is 4.37. The van der Waals surface area contributed by atoms with Gasteiger partial charge in [0.25, 0.3) is 0 Å². The summed E-state index contributed by atoms with van der Waals surface area (Å²) in [5, 5.41) is 0. The van der Waals surface area contributed by atoms with Crippen LogP contribution >= 0.6 is 22.6 Å². The van der Waals surface area contributed by atoms with Gasteiger partial charge in [-0.25, -0.2) is 0 Å². The van der Waals surface area contributed by atoms with Crippen molar-refractivity contribution in [2.75, 3.05) is 4.43 Å². The average Bonchev–Trinajstić information content (AvgIpc) is 1.87. The highest BCUT2D eigenvalue weighted by Crippen LogP contribution is 2.17. The Bertz CT molecular complexity index is 102. The van der Waals surface area contributed by atoms with Crippen molar-refractivity contribution in [1.29, 1.82) is 0 Å². The Labute approximate surface area is 84.0 Å². The zero-order chi connectivity index (χ0) is 8.91. The fraction of sp³-hybridized carbons (Fsp3) is 1.00. The molecule has 0 fully saturated rings. The molecule has 0 aromatic heterocycles. The van der Waals surface area contributed by atoms with Gasteiger partial charge in [-0.15, -0.1) is 0 Å². The molecule has 0 rings (SSSR count). The summed E-state index contributed by atoms with van der Waals surface area (Å²) in [5.74, 6) is 0. The molecule has 0 radical (unpaired) electrons. The Balaban J connectivity index is 3.64. The number of ether oxygens (including phenoxy) is 1. The molecule has 68 valence electrons. The van der Waals surface area contributed by atoms with Crippen molar-refractivity contribution in [3.8, 4) is 0 Å². The Morgan fingerprint density at radius 2 is 2.00 bits per heavy atom. The first kappa shape index (κ1) is 11.7. The third-order valence-electron chi connectivity index (χ3n) is 1.54. The van der Waals surface area contributed by atoms with E-state index >= 15 is 0 Å². The topological polar surface area (TPSA) is 9.23 Å². The highest BCUT2D eigenvalue weighted by Gasteiger charge is 2.18. The van der Waals surface area contributed by atoms with E-state index in [4.69, 9.17) is 4.74 Å². The van der Waals surface area contributed by atoms with E-state index in [1.165, 1.54) is 12.8 Å². The maximum atomic E-state index is 5.82. The standard InChI is InChI=1S/C9H19IO/c1-5-6-8(2)11-9(3,4)7-10/h8H,5-7H2,1-4H3. The summed E-state index contributed by atoms with van der Waals surface area (Å²) in [6.45, 7) is 8.63. The van der Waals surface area contributed by atoms with Crippen LogP contribution in [-0.2, 0) is 4.74 Å². The fourth-order valence-electron chi connectivity index (χ4n) is 1.04. The molecule has 0 aromatic carbocycles. The fourth-order valence-corrected chi connectivity index (χ4v) is 1.22. The van der Waals surface area contributed by atoms with Crippen molar-refractivity contribution in [3.63, 3.8) is 0 Å². The van der Waals surface area contributed by atoms with Crippen molar-refractivity contribution in [2.24, 2.45) is 0 Å². The molecule has 0 saturated heterocycles. The van der Waals surface area contributed by atoms with E-state index in [1.54, 1.807) is 0 Å². The molecule has 0 aromatic rings. The lowest BCUT2D eigenvalue weighted by molar-refractivity contribution is -0.0493. The molecule has 1 nitrogen and oxygen atoms in total. The predicted molar refractivity (Wildman–Crippen MR) is 58.4 cm³/mol. The Kier molecular flexibility index (Phi) is 5.69. The number of alkyl halides is 1. The van der Waals surface area contributed by atoms with Gasteiger partial charge in [0.05, 0.1) is 11.7 Å². The summed E-state index contributed by atoms with van der Waals surface area (Å²) >= 11 is 2.37. The largest absolute Gasteiger partial charge is 0.372 e. The van der Waals surface area contributed by atoms with Crippen LogP contribution in [0.4, 0.5) is 0 Å². The van der Waals surface area contributed by atoms with E-state index in [2.05, 4.69) is 50.3 Å². The lowest BCUT2D eigenvalue weighted by Gasteiger charge is -2.27. The molecular formula is C9H19IO. The van der Waals surface area contributed by atoms with Crippen LogP contribution in [0.1, 0.15) is 40.5 Å². The molecule has 0 bridgehead atoms. The van der Waals surface area contributed by atoms with Crippen LogP contribution < -0.4 is 0 Å².